The van der Waals surface area contributed by atoms with Crippen molar-refractivity contribution in [3.05, 3.63) is 53.6 Å². The molecular formula is C21H20N2O6. The van der Waals surface area contributed by atoms with Crippen molar-refractivity contribution in [3.8, 4) is 17.2 Å². The van der Waals surface area contributed by atoms with Crippen LogP contribution in [-0.2, 0) is 9.59 Å². The third-order valence-corrected chi connectivity index (χ3v) is 4.23. The molecule has 0 atom stereocenters. The van der Waals surface area contributed by atoms with Crippen molar-refractivity contribution in [2.75, 3.05) is 25.7 Å². The van der Waals surface area contributed by atoms with Gasteiger partial charge in [-0.3, -0.25) is 14.9 Å². The molecule has 1 N–H and O–H groups in total. The van der Waals surface area contributed by atoms with Gasteiger partial charge in [-0.1, -0.05) is 18.2 Å². The van der Waals surface area contributed by atoms with Gasteiger partial charge >= 0.3 is 6.03 Å². The van der Waals surface area contributed by atoms with E-state index < -0.39 is 17.8 Å². The third-order valence-electron chi connectivity index (χ3n) is 4.23. The molecule has 8 nitrogen and oxygen atoms in total. The zero-order valence-electron chi connectivity index (χ0n) is 16.2. The number of hydrogen-bond donors (Lipinski definition) is 1. The summed E-state index contributed by atoms with van der Waals surface area (Å²) in [7, 11) is 2.99. The molecule has 0 spiro atoms. The predicted molar refractivity (Wildman–Crippen MR) is 106 cm³/mol. The van der Waals surface area contributed by atoms with Crippen LogP contribution in [0.4, 0.5) is 10.5 Å². The molecule has 1 aliphatic rings. The summed E-state index contributed by atoms with van der Waals surface area (Å²) in [6.45, 7) is 2.15. The van der Waals surface area contributed by atoms with E-state index in [9.17, 15) is 14.4 Å². The Morgan fingerprint density at radius 3 is 2.38 bits per heavy atom. The number of barbiturate groups is 1. The molecule has 1 aliphatic heterocycles. The van der Waals surface area contributed by atoms with Gasteiger partial charge in [0.1, 0.15) is 11.3 Å². The highest BCUT2D eigenvalue weighted by Crippen LogP contribution is 2.32. The summed E-state index contributed by atoms with van der Waals surface area (Å²) < 4.78 is 16.0. The first kappa shape index (κ1) is 19.9. The van der Waals surface area contributed by atoms with Crippen LogP contribution in [0.3, 0.4) is 0 Å². The van der Waals surface area contributed by atoms with Crippen LogP contribution in [0.15, 0.2) is 48.0 Å². The van der Waals surface area contributed by atoms with Crippen molar-refractivity contribution >= 4 is 29.6 Å². The lowest BCUT2D eigenvalue weighted by molar-refractivity contribution is -0.122. The molecule has 0 bridgehead atoms. The SMILES string of the molecule is CCOc1ccccc1N1C(=O)NC(=O)C(=Cc2ccc(OC)c(OC)c2)C1=O. The van der Waals surface area contributed by atoms with Crippen LogP contribution in [0, 0.1) is 0 Å². The Bertz CT molecular complexity index is 998. The molecule has 0 radical (unpaired) electrons. The van der Waals surface area contributed by atoms with E-state index in [1.807, 2.05) is 0 Å². The average Bonchev–Trinajstić information content (AvgIpc) is 2.72. The van der Waals surface area contributed by atoms with Crippen molar-refractivity contribution in [2.24, 2.45) is 0 Å². The number of benzene rings is 2. The number of ether oxygens (including phenoxy) is 3. The highest BCUT2D eigenvalue weighted by molar-refractivity contribution is 6.39. The molecule has 2 aromatic rings. The second-order valence-corrected chi connectivity index (χ2v) is 5.97. The van der Waals surface area contributed by atoms with Crippen LogP contribution >= 0.6 is 0 Å². The Morgan fingerprint density at radius 1 is 0.966 bits per heavy atom. The van der Waals surface area contributed by atoms with Gasteiger partial charge < -0.3 is 14.2 Å². The zero-order chi connectivity index (χ0) is 21.0. The second-order valence-electron chi connectivity index (χ2n) is 5.97. The first-order chi connectivity index (χ1) is 14.0. The maximum atomic E-state index is 13.0. The minimum absolute atomic E-state index is 0.192. The topological polar surface area (TPSA) is 94.2 Å². The van der Waals surface area contributed by atoms with E-state index in [1.54, 1.807) is 49.4 Å². The Balaban J connectivity index is 2.03. The molecule has 0 aliphatic carbocycles. The van der Waals surface area contributed by atoms with Gasteiger partial charge in [-0.15, -0.1) is 0 Å². The highest BCUT2D eigenvalue weighted by atomic mass is 16.5. The van der Waals surface area contributed by atoms with E-state index >= 15 is 0 Å². The molecule has 4 amide bonds. The van der Waals surface area contributed by atoms with E-state index in [0.29, 0.717) is 29.4 Å². The van der Waals surface area contributed by atoms with E-state index in [2.05, 4.69) is 5.32 Å². The summed E-state index contributed by atoms with van der Waals surface area (Å²) in [5.74, 6) is -0.212. The number of nitrogens with one attached hydrogen (secondary N) is 1. The monoisotopic (exact) mass is 396 g/mol. The number of amides is 4. The number of methoxy groups -OCH3 is 2. The number of urea groups is 1. The van der Waals surface area contributed by atoms with Gasteiger partial charge in [-0.2, -0.15) is 0 Å². The molecule has 2 aromatic carbocycles. The quantitative estimate of drug-likeness (QED) is 0.596. The summed E-state index contributed by atoms with van der Waals surface area (Å²) >= 11 is 0. The fourth-order valence-corrected chi connectivity index (χ4v) is 2.90. The fourth-order valence-electron chi connectivity index (χ4n) is 2.90. The standard InChI is InChI=1S/C21H20N2O6/c1-4-29-16-8-6-5-7-15(16)23-20(25)14(19(24)22-21(23)26)11-13-9-10-17(27-2)18(12-13)28-3/h5-12H,4H2,1-3H3,(H,22,24,26). The Kier molecular flexibility index (Phi) is 5.82. The normalized spacial score (nSPS) is 15.3. The number of carbonyl (C=O) groups excluding carboxylic acids is 3. The Labute approximate surface area is 167 Å². The number of imide groups is 2. The molecule has 1 heterocycles. The minimum atomic E-state index is -0.836. The van der Waals surface area contributed by atoms with E-state index in [0.717, 1.165) is 4.90 Å². The van der Waals surface area contributed by atoms with Crippen molar-refractivity contribution in [2.45, 2.75) is 6.92 Å². The number of nitrogens with zero attached hydrogens (tertiary/aromatic N) is 1. The average molecular weight is 396 g/mol. The van der Waals surface area contributed by atoms with Crippen molar-refractivity contribution < 1.29 is 28.6 Å². The molecule has 0 unspecified atom stereocenters. The molecule has 29 heavy (non-hydrogen) atoms. The number of para-hydroxylation sites is 2. The summed E-state index contributed by atoms with van der Waals surface area (Å²) in [5, 5.41) is 2.20. The van der Waals surface area contributed by atoms with Crippen LogP contribution in [0.5, 0.6) is 17.2 Å². The predicted octanol–water partition coefficient (Wildman–Crippen LogP) is 2.77. The smallest absolute Gasteiger partial charge is 0.336 e. The molecular weight excluding hydrogens is 376 g/mol. The first-order valence-electron chi connectivity index (χ1n) is 8.85. The highest BCUT2D eigenvalue weighted by Gasteiger charge is 2.38. The summed E-state index contributed by atoms with van der Waals surface area (Å²) in [5.41, 5.74) is 0.597. The lowest BCUT2D eigenvalue weighted by Crippen LogP contribution is -2.54. The van der Waals surface area contributed by atoms with E-state index in [4.69, 9.17) is 14.2 Å². The van der Waals surface area contributed by atoms with Gasteiger partial charge in [0, 0.05) is 0 Å². The molecule has 3 rings (SSSR count). The number of carbonyl (C=O) groups is 3. The minimum Gasteiger partial charge on any atom is -0.493 e. The van der Waals surface area contributed by atoms with Crippen molar-refractivity contribution in [1.82, 2.24) is 5.32 Å². The van der Waals surface area contributed by atoms with E-state index in [1.165, 1.54) is 20.3 Å². The van der Waals surface area contributed by atoms with Crippen molar-refractivity contribution in [3.63, 3.8) is 0 Å². The van der Waals surface area contributed by atoms with Gasteiger partial charge in [0.15, 0.2) is 11.5 Å². The van der Waals surface area contributed by atoms with E-state index in [-0.39, 0.29) is 11.3 Å². The largest absolute Gasteiger partial charge is 0.493 e. The van der Waals surface area contributed by atoms with Crippen LogP contribution in [-0.4, -0.2) is 38.7 Å². The van der Waals surface area contributed by atoms with Crippen LogP contribution in [0.2, 0.25) is 0 Å². The molecule has 0 aromatic heterocycles. The van der Waals surface area contributed by atoms with Crippen molar-refractivity contribution in [1.29, 1.82) is 0 Å². The lowest BCUT2D eigenvalue weighted by Gasteiger charge is -2.27. The summed E-state index contributed by atoms with van der Waals surface area (Å²) in [6, 6.07) is 10.7. The van der Waals surface area contributed by atoms with Crippen LogP contribution in [0.1, 0.15) is 12.5 Å². The van der Waals surface area contributed by atoms with Gasteiger partial charge in [0.05, 0.1) is 26.5 Å². The molecule has 0 saturated carbocycles. The first-order valence-corrected chi connectivity index (χ1v) is 8.85. The second kappa shape index (κ2) is 8.47. The van der Waals surface area contributed by atoms with Crippen LogP contribution in [0.25, 0.3) is 6.08 Å². The Hall–Kier alpha value is -3.81. The summed E-state index contributed by atoms with van der Waals surface area (Å²) in [6.07, 6.45) is 1.39. The molecule has 8 heteroatoms. The maximum Gasteiger partial charge on any atom is 0.336 e. The lowest BCUT2D eigenvalue weighted by atomic mass is 10.1. The fraction of sp³-hybridized carbons (Fsp3) is 0.190. The Morgan fingerprint density at radius 2 is 1.69 bits per heavy atom. The number of anilines is 1. The number of hydrogen-bond acceptors (Lipinski definition) is 6. The van der Waals surface area contributed by atoms with Gasteiger partial charge in [0.2, 0.25) is 0 Å². The molecule has 1 saturated heterocycles. The zero-order valence-corrected chi connectivity index (χ0v) is 16.2. The number of rotatable bonds is 6. The van der Waals surface area contributed by atoms with Gasteiger partial charge in [-0.25, -0.2) is 9.69 Å². The van der Waals surface area contributed by atoms with Crippen LogP contribution < -0.4 is 24.4 Å². The third kappa shape index (κ3) is 3.91. The molecule has 150 valence electrons. The molecule has 1 fully saturated rings. The van der Waals surface area contributed by atoms with Gasteiger partial charge in [0.25, 0.3) is 11.8 Å². The maximum absolute atomic E-state index is 13.0. The van der Waals surface area contributed by atoms with Gasteiger partial charge in [-0.05, 0) is 42.8 Å². The summed E-state index contributed by atoms with van der Waals surface area (Å²) in [4.78, 5) is 38.7.